The number of carbonyl (C=O) groups is 2. The third kappa shape index (κ3) is 11.5. The number of amides is 2. The van der Waals surface area contributed by atoms with Gasteiger partial charge in [-0.15, -0.1) is 0 Å². The second-order valence-corrected chi connectivity index (χ2v) is 12.1. The number of nitrogens with zero attached hydrogens (tertiary/aromatic N) is 4. The van der Waals surface area contributed by atoms with Crippen LogP contribution in [-0.4, -0.2) is 77.6 Å². The third-order valence-corrected chi connectivity index (χ3v) is 4.34. The Bertz CT molecular complexity index is 884. The van der Waals surface area contributed by atoms with Gasteiger partial charge in [-0.25, -0.2) is 19.5 Å². The number of hydrogen-bond donors (Lipinski definition) is 1. The number of aromatic nitrogens is 1. The monoisotopic (exact) mass is 510 g/mol. The lowest BCUT2D eigenvalue weighted by atomic mass is 10.2. The van der Waals surface area contributed by atoms with Gasteiger partial charge < -0.3 is 24.2 Å². The van der Waals surface area contributed by atoms with E-state index in [1.807, 2.05) is 25.9 Å². The molecule has 1 rings (SSSR count). The number of aliphatic hydroxyl groups is 1. The quantitative estimate of drug-likeness (QED) is 0.492. The molecule has 206 valence electrons. The highest BCUT2D eigenvalue weighted by Gasteiger charge is 2.34. The van der Waals surface area contributed by atoms with Crippen molar-refractivity contribution in [2.24, 2.45) is 0 Å². The van der Waals surface area contributed by atoms with Crippen molar-refractivity contribution in [3.8, 4) is 0 Å². The van der Waals surface area contributed by atoms with Gasteiger partial charge in [0.05, 0.1) is 5.60 Å². The van der Waals surface area contributed by atoms with Gasteiger partial charge in [0.15, 0.2) is 0 Å². The molecule has 1 aromatic rings. The van der Waals surface area contributed by atoms with Crippen LogP contribution in [0.15, 0.2) is 12.1 Å². The zero-order chi connectivity index (χ0) is 28.1. The molecule has 1 heterocycles. The molecule has 0 radical (unpaired) electrons. The van der Waals surface area contributed by atoms with Crippen molar-refractivity contribution in [2.45, 2.75) is 98.9 Å². The highest BCUT2D eigenvalue weighted by atomic mass is 16.7. The molecule has 1 N–H and O–H groups in total. The fraction of sp³-hybridized carbons (Fsp3) is 0.731. The molecule has 0 spiro atoms. The lowest BCUT2D eigenvalue weighted by molar-refractivity contribution is -0.163. The van der Waals surface area contributed by atoms with E-state index in [2.05, 4.69) is 4.98 Å². The first-order chi connectivity index (χ1) is 16.2. The van der Waals surface area contributed by atoms with Crippen molar-refractivity contribution >= 4 is 23.8 Å². The van der Waals surface area contributed by atoms with Gasteiger partial charge in [-0.1, -0.05) is 0 Å². The summed E-state index contributed by atoms with van der Waals surface area (Å²) in [6.45, 7) is 18.7. The third-order valence-electron chi connectivity index (χ3n) is 4.34. The zero-order valence-electron chi connectivity index (χ0n) is 24.1. The van der Waals surface area contributed by atoms with Gasteiger partial charge in [0, 0.05) is 6.54 Å². The number of ether oxygens (including phenoxy) is 3. The first-order valence-corrected chi connectivity index (χ1v) is 12.2. The summed E-state index contributed by atoms with van der Waals surface area (Å²) in [7, 11) is 3.91. The predicted molar refractivity (Wildman–Crippen MR) is 141 cm³/mol. The Morgan fingerprint density at radius 1 is 0.861 bits per heavy atom. The summed E-state index contributed by atoms with van der Waals surface area (Å²) in [5.74, 6) is 0.367. The smallest absolute Gasteiger partial charge is 0.420 e. The molecule has 0 aliphatic carbocycles. The molecule has 10 heteroatoms. The lowest BCUT2D eigenvalue weighted by Crippen LogP contribution is -2.48. The Morgan fingerprint density at radius 3 is 1.83 bits per heavy atom. The Kier molecular flexibility index (Phi) is 10.7. The molecule has 1 unspecified atom stereocenters. The molecule has 2 amide bonds. The van der Waals surface area contributed by atoms with Gasteiger partial charge in [-0.2, -0.15) is 0 Å². The average Bonchev–Trinajstić information content (AvgIpc) is 2.60. The van der Waals surface area contributed by atoms with Crippen molar-refractivity contribution < 1.29 is 28.9 Å². The standard InChI is InChI=1S/C26H46N4O6/c1-18-16-19(29(15-13-14-28(11)12)21(31)34-24(2,3)4)27-20(17-18)30(22(32)35-25(5,6)7)23(33)36-26(8,9)10/h16-17,22,32H,13-15H2,1-12H3. The number of anilines is 2. The fourth-order valence-corrected chi connectivity index (χ4v) is 3.03. The molecule has 1 atom stereocenters. The molecular formula is C26H46N4O6. The van der Waals surface area contributed by atoms with Crippen LogP contribution in [0.4, 0.5) is 21.2 Å². The van der Waals surface area contributed by atoms with E-state index in [9.17, 15) is 14.7 Å². The molecular weight excluding hydrogens is 464 g/mol. The van der Waals surface area contributed by atoms with Crippen LogP contribution in [0.1, 0.15) is 74.3 Å². The topological polar surface area (TPSA) is 105 Å². The number of aryl methyl sites for hydroxylation is 1. The van der Waals surface area contributed by atoms with Crippen LogP contribution in [0, 0.1) is 6.92 Å². The molecule has 0 saturated heterocycles. The second-order valence-electron chi connectivity index (χ2n) is 12.1. The van der Waals surface area contributed by atoms with Gasteiger partial charge in [0.2, 0.25) is 6.41 Å². The number of pyridine rings is 1. The Balaban J connectivity index is 3.55. The average molecular weight is 511 g/mol. The van der Waals surface area contributed by atoms with Gasteiger partial charge in [0.1, 0.15) is 22.8 Å². The van der Waals surface area contributed by atoms with E-state index in [1.54, 1.807) is 74.4 Å². The number of hydrogen-bond acceptors (Lipinski definition) is 8. The Hall–Kier alpha value is -2.43. The molecule has 1 aromatic heterocycles. The van der Waals surface area contributed by atoms with Crippen molar-refractivity contribution in [1.82, 2.24) is 9.88 Å². The second kappa shape index (κ2) is 12.2. The Labute approximate surface area is 216 Å². The van der Waals surface area contributed by atoms with Crippen LogP contribution < -0.4 is 9.80 Å². The van der Waals surface area contributed by atoms with Crippen molar-refractivity contribution in [2.75, 3.05) is 37.0 Å². The number of rotatable bonds is 8. The van der Waals surface area contributed by atoms with E-state index in [-0.39, 0.29) is 11.6 Å². The molecule has 10 nitrogen and oxygen atoms in total. The predicted octanol–water partition coefficient (Wildman–Crippen LogP) is 4.92. The largest absolute Gasteiger partial charge is 0.443 e. The van der Waals surface area contributed by atoms with Crippen LogP contribution >= 0.6 is 0 Å². The summed E-state index contributed by atoms with van der Waals surface area (Å²) >= 11 is 0. The first-order valence-electron chi connectivity index (χ1n) is 12.2. The Morgan fingerprint density at radius 2 is 1.36 bits per heavy atom. The van der Waals surface area contributed by atoms with E-state index in [1.165, 1.54) is 4.90 Å². The van der Waals surface area contributed by atoms with Crippen LogP contribution in [0.5, 0.6) is 0 Å². The number of aliphatic hydroxyl groups excluding tert-OH is 1. The van der Waals surface area contributed by atoms with Crippen molar-refractivity contribution in [1.29, 1.82) is 0 Å². The summed E-state index contributed by atoms with van der Waals surface area (Å²) in [5.41, 5.74) is -1.57. The minimum atomic E-state index is -1.68. The van der Waals surface area contributed by atoms with Crippen LogP contribution in [0.25, 0.3) is 0 Å². The summed E-state index contributed by atoms with van der Waals surface area (Å²) in [6, 6.07) is 3.35. The molecule has 0 aliphatic heterocycles. The van der Waals surface area contributed by atoms with Gasteiger partial charge >= 0.3 is 12.2 Å². The summed E-state index contributed by atoms with van der Waals surface area (Å²) in [5, 5.41) is 10.9. The highest BCUT2D eigenvalue weighted by molar-refractivity contribution is 5.89. The van der Waals surface area contributed by atoms with E-state index in [4.69, 9.17) is 14.2 Å². The SMILES string of the molecule is Cc1cc(N(CCCN(C)C)C(=O)OC(C)(C)C)nc(N(C(=O)OC(C)(C)C)C(O)OC(C)(C)C)c1. The zero-order valence-corrected chi connectivity index (χ0v) is 24.1. The summed E-state index contributed by atoms with van der Waals surface area (Å²) in [4.78, 5) is 35.3. The minimum absolute atomic E-state index is 0.0807. The van der Waals surface area contributed by atoms with Crippen molar-refractivity contribution in [3.63, 3.8) is 0 Å². The van der Waals surface area contributed by atoms with E-state index in [0.717, 1.165) is 11.4 Å². The van der Waals surface area contributed by atoms with E-state index in [0.29, 0.717) is 18.5 Å². The van der Waals surface area contributed by atoms with E-state index < -0.39 is 35.4 Å². The fourth-order valence-electron chi connectivity index (χ4n) is 3.03. The van der Waals surface area contributed by atoms with Crippen molar-refractivity contribution in [3.05, 3.63) is 17.7 Å². The molecule has 0 aromatic carbocycles. The van der Waals surface area contributed by atoms with Gasteiger partial charge in [-0.05, 0) is 114 Å². The maximum Gasteiger partial charge on any atom is 0.420 e. The maximum absolute atomic E-state index is 13.2. The normalized spacial score (nSPS) is 13.4. The maximum atomic E-state index is 13.2. The minimum Gasteiger partial charge on any atom is -0.443 e. The molecule has 0 fully saturated rings. The van der Waals surface area contributed by atoms with Crippen LogP contribution in [0.3, 0.4) is 0 Å². The first kappa shape index (κ1) is 31.6. The molecule has 0 bridgehead atoms. The molecule has 0 aliphatic rings. The van der Waals surface area contributed by atoms with Gasteiger partial charge in [0.25, 0.3) is 0 Å². The summed E-state index contributed by atoms with van der Waals surface area (Å²) < 4.78 is 16.8. The summed E-state index contributed by atoms with van der Waals surface area (Å²) in [6.07, 6.45) is -2.39. The number of carbonyl (C=O) groups excluding carboxylic acids is 2. The lowest BCUT2D eigenvalue weighted by Gasteiger charge is -2.34. The molecule has 36 heavy (non-hydrogen) atoms. The van der Waals surface area contributed by atoms with E-state index >= 15 is 0 Å². The van der Waals surface area contributed by atoms with Gasteiger partial charge in [-0.3, -0.25) is 4.90 Å². The highest BCUT2D eigenvalue weighted by Crippen LogP contribution is 2.27. The molecule has 0 saturated carbocycles. The van der Waals surface area contributed by atoms with Crippen LogP contribution in [-0.2, 0) is 14.2 Å². The van der Waals surface area contributed by atoms with Crippen LogP contribution in [0.2, 0.25) is 0 Å².